The molecule has 2 fully saturated rings. The minimum atomic E-state index is -4.69. The van der Waals surface area contributed by atoms with E-state index in [0.29, 0.717) is 22.3 Å². The second-order valence-electron chi connectivity index (χ2n) is 16.4. The molecule has 2 spiro atoms. The first-order valence-electron chi connectivity index (χ1n) is 21.6. The Labute approximate surface area is 393 Å². The predicted octanol–water partition coefficient (Wildman–Crippen LogP) is 12.6. The van der Waals surface area contributed by atoms with Gasteiger partial charge in [-0.1, -0.05) is 66.7 Å². The van der Waals surface area contributed by atoms with Crippen LogP contribution in [0.4, 0.5) is 26.3 Å². The van der Waals surface area contributed by atoms with E-state index in [1.807, 2.05) is 36.5 Å². The number of aromatic nitrogens is 4. The number of rotatable bonds is 7. The largest absolute Gasteiger partial charge is 0.573 e. The number of benzene rings is 2. The highest BCUT2D eigenvalue weighted by Gasteiger charge is 2.49. The van der Waals surface area contributed by atoms with Crippen LogP contribution in [0.25, 0.3) is 0 Å². The lowest BCUT2D eigenvalue weighted by atomic mass is 9.82. The zero-order valence-electron chi connectivity index (χ0n) is 36.1. The maximum absolute atomic E-state index is 12.4. The topological polar surface area (TPSA) is 101 Å². The summed E-state index contributed by atoms with van der Waals surface area (Å²) in [6, 6.07) is 26.4. The van der Waals surface area contributed by atoms with E-state index in [-0.39, 0.29) is 29.3 Å². The molecule has 1 saturated carbocycles. The Morgan fingerprint density at radius 3 is 1.48 bits per heavy atom. The molecule has 4 aliphatic rings. The van der Waals surface area contributed by atoms with Gasteiger partial charge >= 0.3 is 12.7 Å². The van der Waals surface area contributed by atoms with E-state index in [1.54, 1.807) is 42.9 Å². The number of fused-ring (bicyclic) bond motifs is 4. The van der Waals surface area contributed by atoms with Gasteiger partial charge in [-0.25, -0.2) is 0 Å². The van der Waals surface area contributed by atoms with E-state index >= 15 is 0 Å². The molecule has 67 heavy (non-hydrogen) atoms. The molecule has 3 aliphatic heterocycles. The van der Waals surface area contributed by atoms with Crippen LogP contribution in [0.1, 0.15) is 96.6 Å². The summed E-state index contributed by atoms with van der Waals surface area (Å²) in [5.41, 5.74) is 6.07. The van der Waals surface area contributed by atoms with Crippen LogP contribution in [0.2, 0.25) is 10.0 Å². The molecule has 0 radical (unpaired) electrons. The smallest absolute Gasteiger partial charge is 0.497 e. The first-order chi connectivity index (χ1) is 32.1. The Morgan fingerprint density at radius 1 is 0.582 bits per heavy atom. The molecule has 1 aliphatic carbocycles. The third-order valence-corrected chi connectivity index (χ3v) is 12.5. The van der Waals surface area contributed by atoms with E-state index < -0.39 is 18.3 Å². The highest BCUT2D eigenvalue weighted by atomic mass is 35.5. The number of alkyl halides is 6. The molecular weight excluding hydrogens is 923 g/mol. The van der Waals surface area contributed by atoms with Gasteiger partial charge in [0.15, 0.2) is 0 Å². The van der Waals surface area contributed by atoms with Crippen LogP contribution in [0.15, 0.2) is 122 Å². The van der Waals surface area contributed by atoms with Crippen molar-refractivity contribution in [2.75, 3.05) is 20.2 Å². The van der Waals surface area contributed by atoms with Gasteiger partial charge in [0.2, 0.25) is 0 Å². The first kappa shape index (κ1) is 48.0. The Bertz CT molecular complexity index is 2590. The van der Waals surface area contributed by atoms with Crippen molar-refractivity contribution < 1.29 is 50.0 Å². The molecule has 1 saturated heterocycles. The fourth-order valence-electron chi connectivity index (χ4n) is 9.02. The van der Waals surface area contributed by atoms with E-state index in [4.69, 9.17) is 37.4 Å². The zero-order valence-corrected chi connectivity index (χ0v) is 37.6. The van der Waals surface area contributed by atoms with Gasteiger partial charge in [0.25, 0.3) is 0 Å². The summed E-state index contributed by atoms with van der Waals surface area (Å²) in [7, 11) is 1.43. The van der Waals surface area contributed by atoms with Crippen molar-refractivity contribution in [1.82, 2.24) is 24.8 Å². The Morgan fingerprint density at radius 2 is 1.03 bits per heavy atom. The van der Waals surface area contributed by atoms with Crippen molar-refractivity contribution in [1.29, 1.82) is 0 Å². The number of halogens is 8. The van der Waals surface area contributed by atoms with Crippen LogP contribution in [-0.4, -0.2) is 57.8 Å². The monoisotopic (exact) mass is 967 g/mol. The molecule has 2 atom stereocenters. The van der Waals surface area contributed by atoms with Crippen molar-refractivity contribution in [3.63, 3.8) is 0 Å². The van der Waals surface area contributed by atoms with Crippen molar-refractivity contribution >= 4 is 23.2 Å². The quantitative estimate of drug-likeness (QED) is 0.144. The van der Waals surface area contributed by atoms with E-state index in [9.17, 15) is 26.3 Å². The molecule has 10 rings (SSSR count). The van der Waals surface area contributed by atoms with Crippen LogP contribution in [0, 0.1) is 0 Å². The molecule has 352 valence electrons. The Hall–Kier alpha value is -5.52. The summed E-state index contributed by atoms with van der Waals surface area (Å²) in [6.45, 7) is 2.18. The van der Waals surface area contributed by atoms with Crippen LogP contribution in [-0.2, 0) is 27.2 Å². The number of piperidine rings is 1. The number of hydrogen-bond donors (Lipinski definition) is 0. The van der Waals surface area contributed by atoms with Crippen molar-refractivity contribution in [2.24, 2.45) is 0 Å². The van der Waals surface area contributed by atoms with Gasteiger partial charge < -0.3 is 23.7 Å². The maximum atomic E-state index is 12.4. The standard InChI is InChI=1S/C24H21ClF3N3O2.C17H17ClN2O.C8H7F3O2/c25-17-7-11-29-20(14-17)21-19-2-1-10-30-22(19)23(33-21)8-12-31(13-9-23)15-16-3-5-18(6-4-16)32-24(26,27)28;18-12-6-10-19-14(11-12)15-13-5-4-9-20-16(13)17(21-15)7-2-1-3-8-17;1-12-6-2-4-7(5-3-6)13-8(9,10)11/h1-7,10-11,14,21H,8-9,12-13,15H2;4-6,9-11,15H,1-3,7-8H2;2-5H,1H3. The highest BCUT2D eigenvalue weighted by molar-refractivity contribution is 6.30. The molecule has 18 heteroatoms. The summed E-state index contributed by atoms with van der Waals surface area (Å²) < 4.78 is 97.6. The molecule has 2 aromatic carbocycles. The molecule has 0 bridgehead atoms. The lowest BCUT2D eigenvalue weighted by Gasteiger charge is -2.39. The number of nitrogens with zero attached hydrogens (tertiary/aromatic N) is 5. The second-order valence-corrected chi connectivity index (χ2v) is 17.3. The third kappa shape index (κ3) is 11.8. The number of methoxy groups -OCH3 is 1. The number of pyridine rings is 4. The summed E-state index contributed by atoms with van der Waals surface area (Å²) >= 11 is 12.3. The molecule has 4 aromatic heterocycles. The van der Waals surface area contributed by atoms with Gasteiger partial charge in [0.05, 0.1) is 29.9 Å². The fourth-order valence-corrected chi connectivity index (χ4v) is 9.35. The van der Waals surface area contributed by atoms with Crippen LogP contribution < -0.4 is 14.2 Å². The van der Waals surface area contributed by atoms with Gasteiger partial charge in [-0.15, -0.1) is 26.3 Å². The number of likely N-dealkylation sites (tertiary alicyclic amines) is 1. The summed E-state index contributed by atoms with van der Waals surface area (Å²) in [5, 5.41) is 1.30. The summed E-state index contributed by atoms with van der Waals surface area (Å²) in [5.74, 6) is 0.00868. The van der Waals surface area contributed by atoms with E-state index in [2.05, 4.69) is 40.4 Å². The average molecular weight is 969 g/mol. The van der Waals surface area contributed by atoms with Gasteiger partial charge in [0.1, 0.15) is 40.7 Å². The van der Waals surface area contributed by atoms with Gasteiger partial charge in [-0.3, -0.25) is 24.8 Å². The molecule has 10 nitrogen and oxygen atoms in total. The SMILES string of the molecule is COc1ccc(OC(F)(F)F)cc1.Clc1ccnc(C2OC3(CCCCC3)c3ncccc32)c1.FC(F)(F)Oc1ccc(CN2CCC3(CC2)OC(c2cc(Cl)ccn2)c2cccnc23)cc1. The highest BCUT2D eigenvalue weighted by Crippen LogP contribution is 2.53. The first-order valence-corrected chi connectivity index (χ1v) is 22.3. The lowest BCUT2D eigenvalue weighted by molar-refractivity contribution is -0.275. The third-order valence-electron chi connectivity index (χ3n) is 12.0. The number of ether oxygens (including phenoxy) is 5. The Kier molecular flexibility index (Phi) is 14.6. The van der Waals surface area contributed by atoms with Crippen molar-refractivity contribution in [3.05, 3.63) is 171 Å². The van der Waals surface area contributed by atoms with Crippen molar-refractivity contribution in [2.45, 2.75) is 87.6 Å². The van der Waals surface area contributed by atoms with E-state index in [1.165, 1.54) is 62.8 Å². The van der Waals surface area contributed by atoms with Crippen LogP contribution in [0.3, 0.4) is 0 Å². The molecule has 0 N–H and O–H groups in total. The van der Waals surface area contributed by atoms with E-state index in [0.717, 1.165) is 78.2 Å². The average Bonchev–Trinajstić information content (AvgIpc) is 3.80. The molecular formula is C49H45Cl2F6N5O5. The molecule has 6 aromatic rings. The van der Waals surface area contributed by atoms with Crippen LogP contribution in [0.5, 0.6) is 17.2 Å². The predicted molar refractivity (Wildman–Crippen MR) is 237 cm³/mol. The molecule has 7 heterocycles. The fraction of sp³-hybridized carbons (Fsp3) is 0.347. The summed E-state index contributed by atoms with van der Waals surface area (Å²) in [4.78, 5) is 20.5. The number of hydrogen-bond acceptors (Lipinski definition) is 10. The zero-order chi connectivity index (χ0) is 47.2. The minimum Gasteiger partial charge on any atom is -0.497 e. The Balaban J connectivity index is 0.000000152. The molecule has 0 amide bonds. The summed E-state index contributed by atoms with van der Waals surface area (Å²) in [6.07, 6.45) is 4.56. The van der Waals surface area contributed by atoms with Crippen molar-refractivity contribution in [3.8, 4) is 17.2 Å². The maximum Gasteiger partial charge on any atom is 0.573 e. The normalized spacial score (nSPS) is 19.3. The van der Waals surface area contributed by atoms with Gasteiger partial charge in [-0.2, -0.15) is 0 Å². The van der Waals surface area contributed by atoms with Gasteiger partial charge in [0, 0.05) is 65.6 Å². The van der Waals surface area contributed by atoms with Crippen LogP contribution >= 0.6 is 23.2 Å². The minimum absolute atomic E-state index is 0.148. The second kappa shape index (κ2) is 20.4. The molecule has 2 unspecified atom stereocenters. The van der Waals surface area contributed by atoms with Gasteiger partial charge in [-0.05, 0) is 104 Å². The lowest BCUT2D eigenvalue weighted by Crippen LogP contribution is -2.42.